The molecule has 0 saturated heterocycles. The molecule has 2 aromatic rings. The molecular weight excluding hydrogens is 348 g/mol. The molecule has 5 nitrogen and oxygen atoms in total. The van der Waals surface area contributed by atoms with E-state index in [1.165, 1.54) is 4.31 Å². The SMILES string of the molecule is Cc1ccc(N(C(C)C(=O)NCc2ccccc2C)S(C)(=O)=O)cc1C. The lowest BCUT2D eigenvalue weighted by atomic mass is 10.1. The highest BCUT2D eigenvalue weighted by Gasteiger charge is 2.29. The Morgan fingerprint density at radius 2 is 1.69 bits per heavy atom. The van der Waals surface area contributed by atoms with E-state index in [9.17, 15) is 13.2 Å². The number of benzene rings is 2. The van der Waals surface area contributed by atoms with E-state index < -0.39 is 16.1 Å². The van der Waals surface area contributed by atoms with E-state index in [0.717, 1.165) is 28.5 Å². The molecule has 1 N–H and O–H groups in total. The van der Waals surface area contributed by atoms with Gasteiger partial charge in [-0.05, 0) is 62.1 Å². The van der Waals surface area contributed by atoms with Gasteiger partial charge in [-0.25, -0.2) is 8.42 Å². The molecule has 1 amide bonds. The van der Waals surface area contributed by atoms with Crippen LogP contribution in [0.1, 0.15) is 29.2 Å². The first-order valence-corrected chi connectivity index (χ1v) is 10.3. The molecule has 0 saturated carbocycles. The van der Waals surface area contributed by atoms with Crippen molar-refractivity contribution in [2.24, 2.45) is 0 Å². The molecule has 6 heteroatoms. The van der Waals surface area contributed by atoms with Crippen LogP contribution in [-0.4, -0.2) is 26.6 Å². The Labute approximate surface area is 156 Å². The Morgan fingerprint density at radius 3 is 2.27 bits per heavy atom. The number of carbonyl (C=O) groups is 1. The third-order valence-corrected chi connectivity index (χ3v) is 5.79. The van der Waals surface area contributed by atoms with Crippen molar-refractivity contribution in [2.75, 3.05) is 10.6 Å². The lowest BCUT2D eigenvalue weighted by Gasteiger charge is -2.28. The average molecular weight is 375 g/mol. The van der Waals surface area contributed by atoms with Crippen molar-refractivity contribution in [3.05, 3.63) is 64.7 Å². The van der Waals surface area contributed by atoms with Crippen molar-refractivity contribution in [3.63, 3.8) is 0 Å². The number of carbonyl (C=O) groups excluding carboxylic acids is 1. The Bertz CT molecular complexity index is 907. The van der Waals surface area contributed by atoms with Crippen molar-refractivity contribution in [1.29, 1.82) is 0 Å². The molecule has 0 aliphatic heterocycles. The van der Waals surface area contributed by atoms with Crippen molar-refractivity contribution in [3.8, 4) is 0 Å². The maximum atomic E-state index is 12.6. The molecule has 140 valence electrons. The molecule has 2 rings (SSSR count). The van der Waals surface area contributed by atoms with Crippen LogP contribution in [0.5, 0.6) is 0 Å². The van der Waals surface area contributed by atoms with Crippen LogP contribution < -0.4 is 9.62 Å². The zero-order valence-corrected chi connectivity index (χ0v) is 16.7. The molecule has 1 unspecified atom stereocenters. The minimum absolute atomic E-state index is 0.336. The number of aryl methyl sites for hydroxylation is 3. The molecule has 1 atom stereocenters. The minimum Gasteiger partial charge on any atom is -0.350 e. The van der Waals surface area contributed by atoms with Gasteiger partial charge in [-0.3, -0.25) is 9.10 Å². The molecule has 0 aliphatic rings. The van der Waals surface area contributed by atoms with Gasteiger partial charge in [-0.1, -0.05) is 30.3 Å². The highest BCUT2D eigenvalue weighted by molar-refractivity contribution is 7.92. The zero-order chi connectivity index (χ0) is 19.5. The van der Waals surface area contributed by atoms with Gasteiger partial charge >= 0.3 is 0 Å². The first-order chi connectivity index (χ1) is 12.1. The molecule has 0 heterocycles. The topological polar surface area (TPSA) is 66.5 Å². The van der Waals surface area contributed by atoms with E-state index in [1.807, 2.05) is 51.1 Å². The molecule has 0 aromatic heterocycles. The largest absolute Gasteiger partial charge is 0.350 e. The average Bonchev–Trinajstić information content (AvgIpc) is 2.56. The van der Waals surface area contributed by atoms with Crippen LogP contribution in [0.4, 0.5) is 5.69 Å². The molecular formula is C20H26N2O3S. The third kappa shape index (κ3) is 4.64. The number of hydrogen-bond donors (Lipinski definition) is 1. The lowest BCUT2D eigenvalue weighted by Crippen LogP contribution is -2.47. The first kappa shape index (κ1) is 20.0. The van der Waals surface area contributed by atoms with E-state index in [1.54, 1.807) is 19.1 Å². The Morgan fingerprint density at radius 1 is 1.04 bits per heavy atom. The summed E-state index contributed by atoms with van der Waals surface area (Å²) in [5, 5.41) is 2.84. The molecule has 0 fully saturated rings. The number of anilines is 1. The second-order valence-electron chi connectivity index (χ2n) is 6.65. The number of nitrogens with one attached hydrogen (secondary N) is 1. The normalized spacial score (nSPS) is 12.5. The summed E-state index contributed by atoms with van der Waals surface area (Å²) in [5.41, 5.74) is 4.62. The fourth-order valence-corrected chi connectivity index (χ4v) is 3.98. The molecule has 0 bridgehead atoms. The van der Waals surface area contributed by atoms with Gasteiger partial charge in [0.1, 0.15) is 6.04 Å². The summed E-state index contributed by atoms with van der Waals surface area (Å²) in [5.74, 6) is -0.336. The van der Waals surface area contributed by atoms with Gasteiger partial charge in [0.25, 0.3) is 0 Å². The van der Waals surface area contributed by atoms with E-state index in [0.29, 0.717) is 12.2 Å². The highest BCUT2D eigenvalue weighted by Crippen LogP contribution is 2.23. The number of rotatable bonds is 6. The van der Waals surface area contributed by atoms with E-state index in [2.05, 4.69) is 5.32 Å². The summed E-state index contributed by atoms with van der Waals surface area (Å²) in [6, 6.07) is 12.3. The first-order valence-electron chi connectivity index (χ1n) is 8.50. The van der Waals surface area contributed by atoms with Gasteiger partial charge in [0.15, 0.2) is 0 Å². The fourth-order valence-electron chi connectivity index (χ4n) is 2.81. The summed E-state index contributed by atoms with van der Waals surface area (Å²) >= 11 is 0. The smallest absolute Gasteiger partial charge is 0.243 e. The summed E-state index contributed by atoms with van der Waals surface area (Å²) in [6.45, 7) is 7.82. The predicted octanol–water partition coefficient (Wildman–Crippen LogP) is 3.08. The number of hydrogen-bond acceptors (Lipinski definition) is 3. The van der Waals surface area contributed by atoms with Crippen LogP contribution >= 0.6 is 0 Å². The number of amides is 1. The Kier molecular flexibility index (Phi) is 6.08. The monoisotopic (exact) mass is 374 g/mol. The van der Waals surface area contributed by atoms with Gasteiger partial charge in [-0.15, -0.1) is 0 Å². The van der Waals surface area contributed by atoms with Crippen molar-refractivity contribution in [1.82, 2.24) is 5.32 Å². The fraction of sp³-hybridized carbons (Fsp3) is 0.350. The standard InChI is InChI=1S/C20H26N2O3S/c1-14-10-11-19(12-16(14)3)22(26(5,24)25)17(4)20(23)21-13-18-9-7-6-8-15(18)2/h6-12,17H,13H2,1-5H3,(H,21,23). The van der Waals surface area contributed by atoms with Crippen molar-refractivity contribution in [2.45, 2.75) is 40.3 Å². The van der Waals surface area contributed by atoms with Crippen molar-refractivity contribution < 1.29 is 13.2 Å². The quantitative estimate of drug-likeness (QED) is 0.845. The Balaban J connectivity index is 2.23. The molecule has 0 radical (unpaired) electrons. The molecule has 0 spiro atoms. The van der Waals surface area contributed by atoms with Crippen molar-refractivity contribution >= 4 is 21.6 Å². The van der Waals surface area contributed by atoms with Gasteiger partial charge < -0.3 is 5.32 Å². The van der Waals surface area contributed by atoms with Gasteiger partial charge in [-0.2, -0.15) is 0 Å². The summed E-state index contributed by atoms with van der Waals surface area (Å²) in [4.78, 5) is 12.6. The number of nitrogens with zero attached hydrogens (tertiary/aromatic N) is 1. The van der Waals surface area contributed by atoms with Crippen LogP contribution in [0.15, 0.2) is 42.5 Å². The maximum absolute atomic E-state index is 12.6. The third-order valence-electron chi connectivity index (χ3n) is 4.55. The molecule has 0 aliphatic carbocycles. The number of sulfonamides is 1. The van der Waals surface area contributed by atoms with Crippen LogP contribution in [0.2, 0.25) is 0 Å². The summed E-state index contributed by atoms with van der Waals surface area (Å²) in [7, 11) is -3.61. The van der Waals surface area contributed by atoms with E-state index in [-0.39, 0.29) is 5.91 Å². The highest BCUT2D eigenvalue weighted by atomic mass is 32.2. The van der Waals surface area contributed by atoms with Crippen LogP contribution in [0.3, 0.4) is 0 Å². The summed E-state index contributed by atoms with van der Waals surface area (Å²) in [6.07, 6.45) is 1.12. The Hall–Kier alpha value is -2.34. The zero-order valence-electron chi connectivity index (χ0n) is 15.9. The van der Waals surface area contributed by atoms with E-state index in [4.69, 9.17) is 0 Å². The van der Waals surface area contributed by atoms with Crippen LogP contribution in [0, 0.1) is 20.8 Å². The summed E-state index contributed by atoms with van der Waals surface area (Å²) < 4.78 is 25.9. The van der Waals surface area contributed by atoms with Gasteiger partial charge in [0, 0.05) is 6.54 Å². The second-order valence-corrected chi connectivity index (χ2v) is 8.51. The lowest BCUT2D eigenvalue weighted by molar-refractivity contribution is -0.122. The van der Waals surface area contributed by atoms with Crippen LogP contribution in [0.25, 0.3) is 0 Å². The predicted molar refractivity (Wildman–Crippen MR) is 106 cm³/mol. The van der Waals surface area contributed by atoms with E-state index >= 15 is 0 Å². The second kappa shape index (κ2) is 7.91. The maximum Gasteiger partial charge on any atom is 0.243 e. The van der Waals surface area contributed by atoms with Crippen LogP contribution in [-0.2, 0) is 21.4 Å². The van der Waals surface area contributed by atoms with Gasteiger partial charge in [0.2, 0.25) is 15.9 Å². The molecule has 2 aromatic carbocycles. The van der Waals surface area contributed by atoms with Gasteiger partial charge in [0.05, 0.1) is 11.9 Å². The molecule has 26 heavy (non-hydrogen) atoms. The minimum atomic E-state index is -3.61.